The maximum atomic E-state index is 12.5. The van der Waals surface area contributed by atoms with E-state index in [0.717, 1.165) is 51.3 Å². The van der Waals surface area contributed by atoms with Gasteiger partial charge in [-0.3, -0.25) is 14.5 Å². The molecule has 0 spiro atoms. The lowest BCUT2D eigenvalue weighted by molar-refractivity contribution is -0.141. The highest BCUT2D eigenvalue weighted by Crippen LogP contribution is 2.23. The highest BCUT2D eigenvalue weighted by molar-refractivity contribution is 7.13. The molecular formula is C16H24N4O3S. The molecular weight excluding hydrogens is 328 g/mol. The number of morpholine rings is 1. The van der Waals surface area contributed by atoms with Crippen LogP contribution in [-0.4, -0.2) is 66.0 Å². The van der Waals surface area contributed by atoms with Crippen molar-refractivity contribution in [3.05, 3.63) is 11.1 Å². The molecule has 0 aromatic carbocycles. The Morgan fingerprint density at radius 3 is 2.67 bits per heavy atom. The van der Waals surface area contributed by atoms with Crippen molar-refractivity contribution in [1.82, 2.24) is 14.8 Å². The van der Waals surface area contributed by atoms with Gasteiger partial charge in [-0.1, -0.05) is 0 Å². The van der Waals surface area contributed by atoms with Gasteiger partial charge in [0.25, 0.3) is 0 Å². The van der Waals surface area contributed by atoms with E-state index in [4.69, 9.17) is 4.74 Å². The topological polar surface area (TPSA) is 74.8 Å². The zero-order valence-electron chi connectivity index (χ0n) is 14.0. The first-order valence-electron chi connectivity index (χ1n) is 8.42. The van der Waals surface area contributed by atoms with Gasteiger partial charge in [0.05, 0.1) is 18.9 Å². The summed E-state index contributed by atoms with van der Waals surface area (Å²) in [5, 5.41) is 5.34. The molecule has 2 amide bonds. The summed E-state index contributed by atoms with van der Waals surface area (Å²) >= 11 is 1.45. The summed E-state index contributed by atoms with van der Waals surface area (Å²) in [6, 6.07) is 0. The fourth-order valence-electron chi connectivity index (χ4n) is 3.20. The summed E-state index contributed by atoms with van der Waals surface area (Å²) in [5.74, 6) is 0.336. The Morgan fingerprint density at radius 1 is 1.29 bits per heavy atom. The molecule has 0 aliphatic carbocycles. The van der Waals surface area contributed by atoms with Gasteiger partial charge in [-0.25, -0.2) is 4.98 Å². The van der Waals surface area contributed by atoms with Gasteiger partial charge < -0.3 is 15.0 Å². The van der Waals surface area contributed by atoms with Gasteiger partial charge in [0.2, 0.25) is 11.8 Å². The molecule has 1 N–H and O–H groups in total. The van der Waals surface area contributed by atoms with E-state index in [1.54, 1.807) is 0 Å². The molecule has 24 heavy (non-hydrogen) atoms. The van der Waals surface area contributed by atoms with E-state index < -0.39 is 0 Å². The SMILES string of the molecule is CC(=O)Nc1nc(CN2CCC(C(=O)N3CCOCC3)CC2)cs1. The number of anilines is 1. The van der Waals surface area contributed by atoms with Crippen LogP contribution in [0.3, 0.4) is 0 Å². The maximum absolute atomic E-state index is 12.5. The summed E-state index contributed by atoms with van der Waals surface area (Å²) in [4.78, 5) is 32.3. The van der Waals surface area contributed by atoms with E-state index in [2.05, 4.69) is 15.2 Å². The smallest absolute Gasteiger partial charge is 0.225 e. The van der Waals surface area contributed by atoms with E-state index in [1.165, 1.54) is 18.3 Å². The van der Waals surface area contributed by atoms with Gasteiger partial charge in [0, 0.05) is 37.9 Å². The van der Waals surface area contributed by atoms with Crippen molar-refractivity contribution in [2.75, 3.05) is 44.7 Å². The zero-order chi connectivity index (χ0) is 16.9. The van der Waals surface area contributed by atoms with Crippen LogP contribution in [-0.2, 0) is 20.9 Å². The van der Waals surface area contributed by atoms with E-state index in [-0.39, 0.29) is 11.8 Å². The molecule has 2 aliphatic rings. The second-order valence-corrected chi connectivity index (χ2v) is 7.17. The van der Waals surface area contributed by atoms with Crippen molar-refractivity contribution in [2.24, 2.45) is 5.92 Å². The largest absolute Gasteiger partial charge is 0.378 e. The molecule has 0 atom stereocenters. The molecule has 2 aliphatic heterocycles. The molecule has 3 rings (SSSR count). The van der Waals surface area contributed by atoms with Gasteiger partial charge in [-0.05, 0) is 25.9 Å². The number of carbonyl (C=O) groups is 2. The van der Waals surface area contributed by atoms with Crippen LogP contribution in [0.5, 0.6) is 0 Å². The summed E-state index contributed by atoms with van der Waals surface area (Å²) in [7, 11) is 0. The third kappa shape index (κ3) is 4.52. The highest BCUT2D eigenvalue weighted by atomic mass is 32.1. The Bertz CT molecular complexity index is 578. The van der Waals surface area contributed by atoms with Gasteiger partial charge in [0.15, 0.2) is 5.13 Å². The molecule has 1 aromatic heterocycles. The molecule has 0 saturated carbocycles. The Hall–Kier alpha value is -1.51. The van der Waals surface area contributed by atoms with Crippen molar-refractivity contribution in [3.63, 3.8) is 0 Å². The molecule has 132 valence electrons. The second kappa shape index (κ2) is 8.04. The lowest BCUT2D eigenvalue weighted by Gasteiger charge is -2.35. The number of amides is 2. The van der Waals surface area contributed by atoms with E-state index in [1.807, 2.05) is 10.3 Å². The van der Waals surface area contributed by atoms with Crippen molar-refractivity contribution >= 4 is 28.3 Å². The molecule has 8 heteroatoms. The average molecular weight is 352 g/mol. The minimum Gasteiger partial charge on any atom is -0.378 e. The van der Waals surface area contributed by atoms with Crippen molar-refractivity contribution in [3.8, 4) is 0 Å². The van der Waals surface area contributed by atoms with Crippen LogP contribution >= 0.6 is 11.3 Å². The fourth-order valence-corrected chi connectivity index (χ4v) is 3.94. The van der Waals surface area contributed by atoms with Crippen molar-refractivity contribution in [1.29, 1.82) is 0 Å². The third-order valence-corrected chi connectivity index (χ3v) is 5.29. The molecule has 2 fully saturated rings. The zero-order valence-corrected chi connectivity index (χ0v) is 14.8. The normalized spacial score (nSPS) is 20.1. The minimum atomic E-state index is -0.0988. The lowest BCUT2D eigenvalue weighted by atomic mass is 9.95. The Labute approximate surface area is 146 Å². The summed E-state index contributed by atoms with van der Waals surface area (Å²) in [5.41, 5.74) is 0.974. The monoisotopic (exact) mass is 352 g/mol. The average Bonchev–Trinajstić information content (AvgIpc) is 3.02. The Morgan fingerprint density at radius 2 is 2.00 bits per heavy atom. The van der Waals surface area contributed by atoms with Crippen molar-refractivity contribution < 1.29 is 14.3 Å². The number of nitrogens with one attached hydrogen (secondary N) is 1. The predicted molar refractivity (Wildman–Crippen MR) is 91.8 cm³/mol. The molecule has 0 bridgehead atoms. The molecule has 3 heterocycles. The van der Waals surface area contributed by atoms with E-state index in [0.29, 0.717) is 24.3 Å². The van der Waals surface area contributed by atoms with Crippen LogP contribution in [0.25, 0.3) is 0 Å². The molecule has 2 saturated heterocycles. The van der Waals surface area contributed by atoms with Crippen LogP contribution in [0.4, 0.5) is 5.13 Å². The minimum absolute atomic E-state index is 0.0988. The number of nitrogens with zero attached hydrogens (tertiary/aromatic N) is 3. The first kappa shape index (κ1) is 17.3. The summed E-state index contributed by atoms with van der Waals surface area (Å²) in [6.45, 7) is 6.84. The summed E-state index contributed by atoms with van der Waals surface area (Å²) < 4.78 is 5.31. The quantitative estimate of drug-likeness (QED) is 0.880. The van der Waals surface area contributed by atoms with Gasteiger partial charge in [-0.2, -0.15) is 0 Å². The first-order chi connectivity index (χ1) is 11.6. The maximum Gasteiger partial charge on any atom is 0.225 e. The second-order valence-electron chi connectivity index (χ2n) is 6.31. The summed E-state index contributed by atoms with van der Waals surface area (Å²) in [6.07, 6.45) is 1.80. The van der Waals surface area contributed by atoms with Gasteiger partial charge in [0.1, 0.15) is 0 Å². The molecule has 1 aromatic rings. The number of aromatic nitrogens is 1. The number of ether oxygens (including phenoxy) is 1. The van der Waals surface area contributed by atoms with Crippen LogP contribution in [0.15, 0.2) is 5.38 Å². The number of hydrogen-bond donors (Lipinski definition) is 1. The predicted octanol–water partition coefficient (Wildman–Crippen LogP) is 1.17. The van der Waals surface area contributed by atoms with Crippen molar-refractivity contribution in [2.45, 2.75) is 26.3 Å². The van der Waals surface area contributed by atoms with E-state index in [9.17, 15) is 9.59 Å². The number of piperidine rings is 1. The molecule has 0 unspecified atom stereocenters. The number of carbonyl (C=O) groups excluding carboxylic acids is 2. The lowest BCUT2D eigenvalue weighted by Crippen LogP contribution is -2.46. The van der Waals surface area contributed by atoms with E-state index >= 15 is 0 Å². The first-order valence-corrected chi connectivity index (χ1v) is 9.30. The van der Waals surface area contributed by atoms with Crippen LogP contribution < -0.4 is 5.32 Å². The highest BCUT2D eigenvalue weighted by Gasteiger charge is 2.29. The number of rotatable bonds is 4. The van der Waals surface area contributed by atoms with Crippen LogP contribution in [0, 0.1) is 5.92 Å². The molecule has 7 nitrogen and oxygen atoms in total. The number of hydrogen-bond acceptors (Lipinski definition) is 6. The third-order valence-electron chi connectivity index (χ3n) is 4.48. The van der Waals surface area contributed by atoms with Crippen LogP contribution in [0.2, 0.25) is 0 Å². The number of thiazole rings is 1. The number of likely N-dealkylation sites (tertiary alicyclic amines) is 1. The Kier molecular flexibility index (Phi) is 5.80. The van der Waals surface area contributed by atoms with Gasteiger partial charge in [-0.15, -0.1) is 11.3 Å². The Balaban J connectivity index is 1.45. The van der Waals surface area contributed by atoms with Crippen LogP contribution in [0.1, 0.15) is 25.5 Å². The fraction of sp³-hybridized carbons (Fsp3) is 0.688. The standard InChI is InChI=1S/C16H24N4O3S/c1-12(21)17-16-18-14(11-24-16)10-19-4-2-13(3-5-19)15(22)20-6-8-23-9-7-20/h11,13H,2-10H2,1H3,(H,17,18,21). The molecule has 0 radical (unpaired) electrons. The van der Waals surface area contributed by atoms with Gasteiger partial charge >= 0.3 is 0 Å².